The fraction of sp³-hybridized carbons (Fsp3) is 0.562. The minimum Gasteiger partial charge on any atom is -0.370 e. The van der Waals surface area contributed by atoms with Crippen LogP contribution in [0.25, 0.3) is 0 Å². The quantitative estimate of drug-likeness (QED) is 0.645. The molecular weight excluding hydrogens is 234 g/mol. The minimum atomic E-state index is 0.0171. The van der Waals surface area contributed by atoms with E-state index in [0.29, 0.717) is 18.5 Å². The lowest BCUT2D eigenvalue weighted by molar-refractivity contribution is 0.536. The predicted molar refractivity (Wildman–Crippen MR) is 81.3 cm³/mol. The Bertz CT molecular complexity index is 417. The first kappa shape index (κ1) is 13.9. The molecule has 3 N–H and O–H groups in total. The Morgan fingerprint density at radius 1 is 1.26 bits per heavy atom. The Balaban J connectivity index is 1.92. The average molecular weight is 259 g/mol. The number of nitrogens with zero attached hydrogens (tertiary/aromatic N) is 1. The number of nitrogens with two attached hydrogens (primary N) is 1. The largest absolute Gasteiger partial charge is 0.370 e. The van der Waals surface area contributed by atoms with Crippen molar-refractivity contribution < 1.29 is 0 Å². The molecule has 3 nitrogen and oxygen atoms in total. The molecule has 0 saturated heterocycles. The average Bonchev–Trinajstić information content (AvgIpc) is 2.90. The Morgan fingerprint density at radius 3 is 2.53 bits per heavy atom. The van der Waals surface area contributed by atoms with E-state index < -0.39 is 0 Å². The van der Waals surface area contributed by atoms with Crippen molar-refractivity contribution in [2.24, 2.45) is 10.7 Å². The molecule has 19 heavy (non-hydrogen) atoms. The van der Waals surface area contributed by atoms with Gasteiger partial charge >= 0.3 is 0 Å². The Labute approximate surface area is 116 Å². The van der Waals surface area contributed by atoms with Crippen molar-refractivity contribution >= 4 is 5.96 Å². The second-order valence-corrected chi connectivity index (χ2v) is 6.08. The van der Waals surface area contributed by atoms with Crippen LogP contribution in [0.3, 0.4) is 0 Å². The van der Waals surface area contributed by atoms with Gasteiger partial charge in [-0.25, -0.2) is 0 Å². The highest BCUT2D eigenvalue weighted by Crippen LogP contribution is 2.23. The molecule has 0 amide bonds. The number of benzene rings is 1. The SMILES string of the molecule is CC(C)(CN=C(N)NC1CCCC1)c1ccccc1. The predicted octanol–water partition coefficient (Wildman–Crippen LogP) is 2.81. The van der Waals surface area contributed by atoms with Gasteiger partial charge in [0.15, 0.2) is 5.96 Å². The highest BCUT2D eigenvalue weighted by Gasteiger charge is 2.20. The minimum absolute atomic E-state index is 0.0171. The third kappa shape index (κ3) is 3.98. The highest BCUT2D eigenvalue weighted by molar-refractivity contribution is 5.78. The van der Waals surface area contributed by atoms with Crippen LogP contribution in [0.15, 0.2) is 35.3 Å². The molecule has 1 aliphatic carbocycles. The first-order valence-electron chi connectivity index (χ1n) is 7.20. The number of guanidine groups is 1. The monoisotopic (exact) mass is 259 g/mol. The molecule has 0 bridgehead atoms. The van der Waals surface area contributed by atoms with E-state index in [4.69, 9.17) is 5.73 Å². The van der Waals surface area contributed by atoms with Crippen LogP contribution >= 0.6 is 0 Å². The van der Waals surface area contributed by atoms with Gasteiger partial charge in [0.05, 0.1) is 6.54 Å². The van der Waals surface area contributed by atoms with Crippen molar-refractivity contribution in [3.63, 3.8) is 0 Å². The summed E-state index contributed by atoms with van der Waals surface area (Å²) in [6, 6.07) is 11.0. The molecule has 0 spiro atoms. The van der Waals surface area contributed by atoms with Crippen molar-refractivity contribution in [3.05, 3.63) is 35.9 Å². The van der Waals surface area contributed by atoms with Crippen LogP contribution < -0.4 is 11.1 Å². The summed E-state index contributed by atoms with van der Waals surface area (Å²) in [5, 5.41) is 3.33. The van der Waals surface area contributed by atoms with Crippen LogP contribution in [0.1, 0.15) is 45.1 Å². The van der Waals surface area contributed by atoms with E-state index >= 15 is 0 Å². The first-order valence-corrected chi connectivity index (χ1v) is 7.20. The van der Waals surface area contributed by atoms with Crippen LogP contribution in [0.4, 0.5) is 0 Å². The zero-order valence-electron chi connectivity index (χ0n) is 12.0. The summed E-state index contributed by atoms with van der Waals surface area (Å²) in [7, 11) is 0. The van der Waals surface area contributed by atoms with Gasteiger partial charge in [0.2, 0.25) is 0 Å². The normalized spacial score (nSPS) is 17.7. The molecular formula is C16H25N3. The van der Waals surface area contributed by atoms with E-state index in [0.717, 1.165) is 0 Å². The molecule has 104 valence electrons. The zero-order chi connectivity index (χ0) is 13.7. The lowest BCUT2D eigenvalue weighted by Crippen LogP contribution is -2.39. The molecule has 1 aliphatic rings. The number of nitrogens with one attached hydrogen (secondary N) is 1. The van der Waals surface area contributed by atoms with E-state index in [1.54, 1.807) is 0 Å². The lowest BCUT2D eigenvalue weighted by atomic mass is 9.85. The summed E-state index contributed by atoms with van der Waals surface area (Å²) in [5.41, 5.74) is 7.29. The van der Waals surface area contributed by atoms with Crippen LogP contribution in [0.2, 0.25) is 0 Å². The standard InChI is InChI=1S/C16H25N3/c1-16(2,13-8-4-3-5-9-13)12-18-15(17)19-14-10-6-7-11-14/h3-5,8-9,14H,6-7,10-12H2,1-2H3,(H3,17,18,19). The number of rotatable bonds is 4. The van der Waals surface area contributed by atoms with Crippen molar-refractivity contribution in [2.75, 3.05) is 6.54 Å². The summed E-state index contributed by atoms with van der Waals surface area (Å²) in [6.45, 7) is 5.12. The van der Waals surface area contributed by atoms with E-state index in [-0.39, 0.29) is 5.41 Å². The highest BCUT2D eigenvalue weighted by atomic mass is 15.1. The maximum absolute atomic E-state index is 5.98. The van der Waals surface area contributed by atoms with E-state index in [1.807, 2.05) is 6.07 Å². The van der Waals surface area contributed by atoms with Gasteiger partial charge < -0.3 is 11.1 Å². The van der Waals surface area contributed by atoms with Crippen LogP contribution in [0.5, 0.6) is 0 Å². The molecule has 2 rings (SSSR count). The second-order valence-electron chi connectivity index (χ2n) is 6.08. The van der Waals surface area contributed by atoms with Gasteiger partial charge in [0.1, 0.15) is 0 Å². The topological polar surface area (TPSA) is 50.4 Å². The van der Waals surface area contributed by atoms with Crippen molar-refractivity contribution in [2.45, 2.75) is 51.0 Å². The van der Waals surface area contributed by atoms with E-state index in [2.05, 4.69) is 48.4 Å². The summed E-state index contributed by atoms with van der Waals surface area (Å²) in [6.07, 6.45) is 5.05. The molecule has 0 radical (unpaired) electrons. The van der Waals surface area contributed by atoms with Gasteiger partial charge in [0, 0.05) is 11.5 Å². The molecule has 0 atom stereocenters. The molecule has 3 heteroatoms. The van der Waals surface area contributed by atoms with Crippen LogP contribution in [-0.2, 0) is 5.41 Å². The molecule has 0 aromatic heterocycles. The Morgan fingerprint density at radius 2 is 1.89 bits per heavy atom. The van der Waals surface area contributed by atoms with Gasteiger partial charge in [-0.1, -0.05) is 57.0 Å². The summed E-state index contributed by atoms with van der Waals surface area (Å²) < 4.78 is 0. The lowest BCUT2D eigenvalue weighted by Gasteiger charge is -2.23. The molecule has 1 aromatic carbocycles. The van der Waals surface area contributed by atoms with Crippen molar-refractivity contribution in [1.29, 1.82) is 0 Å². The molecule has 1 fully saturated rings. The maximum Gasteiger partial charge on any atom is 0.188 e. The maximum atomic E-state index is 5.98. The van der Waals surface area contributed by atoms with E-state index in [1.165, 1.54) is 31.2 Å². The van der Waals surface area contributed by atoms with Gasteiger partial charge in [-0.2, -0.15) is 0 Å². The molecule has 0 aliphatic heterocycles. The summed E-state index contributed by atoms with van der Waals surface area (Å²) >= 11 is 0. The third-order valence-electron chi connectivity index (χ3n) is 3.91. The fourth-order valence-corrected chi connectivity index (χ4v) is 2.59. The molecule has 0 unspecified atom stereocenters. The van der Waals surface area contributed by atoms with E-state index in [9.17, 15) is 0 Å². The van der Waals surface area contributed by atoms with Gasteiger partial charge in [-0.15, -0.1) is 0 Å². The fourth-order valence-electron chi connectivity index (χ4n) is 2.59. The number of aliphatic imine (C=N–C) groups is 1. The van der Waals surface area contributed by atoms with Gasteiger partial charge in [0.25, 0.3) is 0 Å². The van der Waals surface area contributed by atoms with Crippen LogP contribution in [-0.4, -0.2) is 18.5 Å². The Hall–Kier alpha value is -1.51. The van der Waals surface area contributed by atoms with Crippen LogP contribution in [0, 0.1) is 0 Å². The molecule has 0 heterocycles. The van der Waals surface area contributed by atoms with Crippen molar-refractivity contribution in [3.8, 4) is 0 Å². The van der Waals surface area contributed by atoms with Crippen molar-refractivity contribution in [1.82, 2.24) is 5.32 Å². The third-order valence-corrected chi connectivity index (χ3v) is 3.91. The number of hydrogen-bond donors (Lipinski definition) is 2. The zero-order valence-corrected chi connectivity index (χ0v) is 12.0. The van der Waals surface area contributed by atoms with Gasteiger partial charge in [-0.3, -0.25) is 4.99 Å². The summed E-state index contributed by atoms with van der Waals surface area (Å²) in [4.78, 5) is 4.52. The van der Waals surface area contributed by atoms with Gasteiger partial charge in [-0.05, 0) is 18.4 Å². The molecule has 1 aromatic rings. The smallest absolute Gasteiger partial charge is 0.188 e. The first-order chi connectivity index (χ1) is 9.08. The second kappa shape index (κ2) is 6.09. The number of hydrogen-bond acceptors (Lipinski definition) is 1. The summed E-state index contributed by atoms with van der Waals surface area (Å²) in [5.74, 6) is 0.593. The molecule has 1 saturated carbocycles. The Kier molecular flexibility index (Phi) is 4.46.